The highest BCUT2D eigenvalue weighted by Gasteiger charge is 2.20. The first-order chi connectivity index (χ1) is 6.72. The van der Waals surface area contributed by atoms with E-state index in [1.807, 2.05) is 7.05 Å². The molecule has 0 bridgehead atoms. The molecule has 3 heteroatoms. The molecule has 0 radical (unpaired) electrons. The standard InChI is InChI=1S/C11H20N2S/c1-5-9(6-2)10(12-4)11-13-8(3)7-14-11/h7,9-10,12H,5-6H2,1-4H3. The van der Waals surface area contributed by atoms with Gasteiger partial charge in [0.1, 0.15) is 5.01 Å². The molecule has 1 rings (SSSR count). The normalized spacial score (nSPS) is 13.5. The molecule has 1 N–H and O–H groups in total. The fourth-order valence-electron chi connectivity index (χ4n) is 1.84. The molecule has 0 aliphatic heterocycles. The minimum atomic E-state index is 0.434. The van der Waals surface area contributed by atoms with Gasteiger partial charge in [-0.15, -0.1) is 11.3 Å². The molecule has 0 saturated heterocycles. The van der Waals surface area contributed by atoms with Crippen molar-refractivity contribution < 1.29 is 0 Å². The van der Waals surface area contributed by atoms with Gasteiger partial charge in [-0.1, -0.05) is 26.7 Å². The summed E-state index contributed by atoms with van der Waals surface area (Å²) in [6, 6.07) is 0.434. The van der Waals surface area contributed by atoms with Gasteiger partial charge in [-0.05, 0) is 19.9 Å². The number of nitrogens with one attached hydrogen (secondary N) is 1. The number of aryl methyl sites for hydroxylation is 1. The van der Waals surface area contributed by atoms with E-state index in [9.17, 15) is 0 Å². The van der Waals surface area contributed by atoms with E-state index < -0.39 is 0 Å². The Morgan fingerprint density at radius 1 is 1.43 bits per heavy atom. The SMILES string of the molecule is CCC(CC)C(NC)c1nc(C)cs1. The highest BCUT2D eigenvalue weighted by molar-refractivity contribution is 7.09. The second kappa shape index (κ2) is 5.47. The highest BCUT2D eigenvalue weighted by atomic mass is 32.1. The summed E-state index contributed by atoms with van der Waals surface area (Å²) in [5.74, 6) is 0.700. The van der Waals surface area contributed by atoms with Crippen molar-refractivity contribution in [3.05, 3.63) is 16.1 Å². The maximum absolute atomic E-state index is 4.55. The molecular weight excluding hydrogens is 192 g/mol. The second-order valence-electron chi connectivity index (χ2n) is 3.67. The number of nitrogens with zero attached hydrogens (tertiary/aromatic N) is 1. The molecular formula is C11H20N2S. The summed E-state index contributed by atoms with van der Waals surface area (Å²) in [5.41, 5.74) is 1.14. The van der Waals surface area contributed by atoms with Gasteiger partial charge in [-0.3, -0.25) is 0 Å². The highest BCUT2D eigenvalue weighted by Crippen LogP contribution is 2.28. The third kappa shape index (κ3) is 2.55. The number of rotatable bonds is 5. The van der Waals surface area contributed by atoms with Gasteiger partial charge in [0.15, 0.2) is 0 Å². The summed E-state index contributed by atoms with van der Waals surface area (Å²) in [5, 5.41) is 6.74. The predicted octanol–water partition coefficient (Wildman–Crippen LogP) is 3.15. The first kappa shape index (κ1) is 11.7. The van der Waals surface area contributed by atoms with Crippen molar-refractivity contribution in [1.82, 2.24) is 10.3 Å². The van der Waals surface area contributed by atoms with Crippen LogP contribution in [0.2, 0.25) is 0 Å². The molecule has 0 amide bonds. The van der Waals surface area contributed by atoms with Crippen LogP contribution in [0, 0.1) is 12.8 Å². The zero-order valence-corrected chi connectivity index (χ0v) is 10.3. The minimum Gasteiger partial charge on any atom is -0.311 e. The molecule has 1 aromatic rings. The van der Waals surface area contributed by atoms with Crippen LogP contribution in [0.4, 0.5) is 0 Å². The molecule has 0 aliphatic rings. The Labute approximate surface area is 90.8 Å². The average molecular weight is 212 g/mol. The van der Waals surface area contributed by atoms with Gasteiger partial charge in [-0.2, -0.15) is 0 Å². The molecule has 1 atom stereocenters. The Kier molecular flexibility index (Phi) is 4.55. The van der Waals surface area contributed by atoms with Crippen molar-refractivity contribution in [3.63, 3.8) is 0 Å². The number of aromatic nitrogens is 1. The summed E-state index contributed by atoms with van der Waals surface area (Å²) in [6.07, 6.45) is 2.42. The van der Waals surface area contributed by atoms with E-state index in [4.69, 9.17) is 0 Å². The van der Waals surface area contributed by atoms with E-state index in [-0.39, 0.29) is 0 Å². The molecule has 0 aromatic carbocycles. The molecule has 0 saturated carbocycles. The van der Waals surface area contributed by atoms with Crippen LogP contribution in [0.1, 0.15) is 43.4 Å². The van der Waals surface area contributed by atoms with Crippen LogP contribution in [0.25, 0.3) is 0 Å². The summed E-state index contributed by atoms with van der Waals surface area (Å²) >= 11 is 1.77. The molecule has 1 heterocycles. The third-order valence-electron chi connectivity index (χ3n) is 2.73. The fourth-order valence-corrected chi connectivity index (χ4v) is 2.83. The van der Waals surface area contributed by atoms with E-state index >= 15 is 0 Å². The topological polar surface area (TPSA) is 24.9 Å². The van der Waals surface area contributed by atoms with Crippen molar-refractivity contribution in [2.24, 2.45) is 5.92 Å². The van der Waals surface area contributed by atoms with Crippen molar-refractivity contribution in [2.45, 2.75) is 39.7 Å². The molecule has 1 unspecified atom stereocenters. The third-order valence-corrected chi connectivity index (χ3v) is 3.78. The van der Waals surface area contributed by atoms with Crippen LogP contribution in [0.3, 0.4) is 0 Å². The van der Waals surface area contributed by atoms with Crippen LogP contribution < -0.4 is 5.32 Å². The van der Waals surface area contributed by atoms with Crippen molar-refractivity contribution in [2.75, 3.05) is 7.05 Å². The lowest BCUT2D eigenvalue weighted by Gasteiger charge is -2.22. The smallest absolute Gasteiger partial charge is 0.110 e. The maximum atomic E-state index is 4.55. The summed E-state index contributed by atoms with van der Waals surface area (Å²) in [4.78, 5) is 4.55. The van der Waals surface area contributed by atoms with E-state index in [0.29, 0.717) is 12.0 Å². The van der Waals surface area contributed by atoms with Gasteiger partial charge in [0.25, 0.3) is 0 Å². The summed E-state index contributed by atoms with van der Waals surface area (Å²) < 4.78 is 0. The Hall–Kier alpha value is -0.410. The molecule has 1 aromatic heterocycles. The molecule has 80 valence electrons. The Bertz CT molecular complexity index is 266. The first-order valence-corrected chi connectivity index (χ1v) is 6.20. The van der Waals surface area contributed by atoms with Gasteiger partial charge >= 0.3 is 0 Å². The summed E-state index contributed by atoms with van der Waals surface area (Å²) in [6.45, 7) is 6.55. The van der Waals surface area contributed by atoms with Crippen LogP contribution >= 0.6 is 11.3 Å². The molecule has 0 fully saturated rings. The monoisotopic (exact) mass is 212 g/mol. The van der Waals surface area contributed by atoms with E-state index in [2.05, 4.69) is 36.5 Å². The zero-order chi connectivity index (χ0) is 10.6. The Morgan fingerprint density at radius 2 is 2.07 bits per heavy atom. The van der Waals surface area contributed by atoms with Crippen LogP contribution in [0.15, 0.2) is 5.38 Å². The Balaban J connectivity index is 2.80. The quantitative estimate of drug-likeness (QED) is 0.811. The lowest BCUT2D eigenvalue weighted by atomic mass is 9.95. The predicted molar refractivity (Wildman–Crippen MR) is 62.7 cm³/mol. The molecule has 0 aliphatic carbocycles. The fraction of sp³-hybridized carbons (Fsp3) is 0.727. The lowest BCUT2D eigenvalue weighted by Crippen LogP contribution is -2.24. The van der Waals surface area contributed by atoms with Crippen LogP contribution in [-0.2, 0) is 0 Å². The largest absolute Gasteiger partial charge is 0.311 e. The van der Waals surface area contributed by atoms with Crippen molar-refractivity contribution in [3.8, 4) is 0 Å². The lowest BCUT2D eigenvalue weighted by molar-refractivity contribution is 0.358. The van der Waals surface area contributed by atoms with Gasteiger partial charge in [0, 0.05) is 11.1 Å². The van der Waals surface area contributed by atoms with Gasteiger partial charge < -0.3 is 5.32 Å². The van der Waals surface area contributed by atoms with E-state index in [1.165, 1.54) is 17.8 Å². The number of thiazole rings is 1. The van der Waals surface area contributed by atoms with Gasteiger partial charge in [-0.25, -0.2) is 4.98 Å². The zero-order valence-electron chi connectivity index (χ0n) is 9.50. The minimum absolute atomic E-state index is 0.434. The number of hydrogen-bond donors (Lipinski definition) is 1. The van der Waals surface area contributed by atoms with E-state index in [1.54, 1.807) is 11.3 Å². The Morgan fingerprint density at radius 3 is 2.43 bits per heavy atom. The first-order valence-electron chi connectivity index (χ1n) is 5.32. The van der Waals surface area contributed by atoms with E-state index in [0.717, 1.165) is 5.69 Å². The van der Waals surface area contributed by atoms with Crippen molar-refractivity contribution >= 4 is 11.3 Å². The second-order valence-corrected chi connectivity index (χ2v) is 4.56. The summed E-state index contributed by atoms with van der Waals surface area (Å²) in [7, 11) is 2.03. The maximum Gasteiger partial charge on any atom is 0.110 e. The average Bonchev–Trinajstić information content (AvgIpc) is 2.60. The van der Waals surface area contributed by atoms with Crippen LogP contribution in [-0.4, -0.2) is 12.0 Å². The van der Waals surface area contributed by atoms with Crippen LogP contribution in [0.5, 0.6) is 0 Å². The molecule has 14 heavy (non-hydrogen) atoms. The van der Waals surface area contributed by atoms with Gasteiger partial charge in [0.05, 0.1) is 6.04 Å². The molecule has 2 nitrogen and oxygen atoms in total. The van der Waals surface area contributed by atoms with Gasteiger partial charge in [0.2, 0.25) is 0 Å². The molecule has 0 spiro atoms. The number of hydrogen-bond acceptors (Lipinski definition) is 3. The van der Waals surface area contributed by atoms with Crippen molar-refractivity contribution in [1.29, 1.82) is 0 Å².